The number of sulfonamides is 1. The molecule has 0 spiro atoms. The molecule has 8 heteroatoms. The average Bonchev–Trinajstić information content (AvgIpc) is 3.30. The smallest absolute Gasteiger partial charge is 0.261 e. The molecule has 4 rings (SSSR count). The van der Waals surface area contributed by atoms with Gasteiger partial charge in [-0.05, 0) is 69.1 Å². The third-order valence-corrected chi connectivity index (χ3v) is 7.61. The Morgan fingerprint density at radius 1 is 0.967 bits per heavy atom. The first kappa shape index (κ1) is 21.2. The normalized spacial score (nSPS) is 18.5. The predicted molar refractivity (Wildman–Crippen MR) is 118 cm³/mol. The summed E-state index contributed by atoms with van der Waals surface area (Å²) in [5, 5.41) is 0.314. The summed E-state index contributed by atoms with van der Waals surface area (Å²) in [7, 11) is -3.85. The van der Waals surface area contributed by atoms with Crippen molar-refractivity contribution in [3.63, 3.8) is 0 Å². The first-order valence-corrected chi connectivity index (χ1v) is 12.2. The van der Waals surface area contributed by atoms with Crippen LogP contribution >= 0.6 is 11.6 Å². The van der Waals surface area contributed by atoms with E-state index in [4.69, 9.17) is 11.6 Å². The van der Waals surface area contributed by atoms with Crippen LogP contribution in [0, 0.1) is 0 Å². The van der Waals surface area contributed by atoms with Crippen molar-refractivity contribution < 1.29 is 13.2 Å². The van der Waals surface area contributed by atoms with Gasteiger partial charge in [0.15, 0.2) is 0 Å². The average molecular weight is 448 g/mol. The van der Waals surface area contributed by atoms with Gasteiger partial charge in [-0.15, -0.1) is 0 Å². The molecular weight excluding hydrogens is 422 g/mol. The first-order chi connectivity index (χ1) is 14.4. The molecule has 2 saturated heterocycles. The standard InChI is InChI=1S/C22H26ClN3O3S/c23-20-8-1-2-9-21(20)24-30(28,29)19-7-5-6-17(16-19)22(27)26-14-10-18(11-15-26)25-12-3-4-13-25/h1-2,5-9,16,18,24H,3-4,10-15H2. The van der Waals surface area contributed by atoms with Gasteiger partial charge in [-0.25, -0.2) is 8.42 Å². The maximum absolute atomic E-state index is 13.0. The molecule has 0 saturated carbocycles. The number of carbonyl (C=O) groups excluding carboxylic acids is 1. The van der Waals surface area contributed by atoms with Gasteiger partial charge in [-0.2, -0.15) is 0 Å². The van der Waals surface area contributed by atoms with Gasteiger partial charge in [0.2, 0.25) is 0 Å². The van der Waals surface area contributed by atoms with Crippen molar-refractivity contribution in [2.45, 2.75) is 36.6 Å². The molecule has 2 aromatic carbocycles. The van der Waals surface area contributed by atoms with Crippen LogP contribution in [0.5, 0.6) is 0 Å². The van der Waals surface area contributed by atoms with Gasteiger partial charge < -0.3 is 9.80 Å². The molecule has 2 fully saturated rings. The van der Waals surface area contributed by atoms with Crippen molar-refractivity contribution in [2.75, 3.05) is 30.9 Å². The molecule has 30 heavy (non-hydrogen) atoms. The molecule has 160 valence electrons. The number of likely N-dealkylation sites (tertiary alicyclic amines) is 2. The quantitative estimate of drug-likeness (QED) is 0.756. The van der Waals surface area contributed by atoms with Crippen molar-refractivity contribution in [3.05, 3.63) is 59.1 Å². The number of rotatable bonds is 5. The Balaban J connectivity index is 1.45. The number of halogens is 1. The molecule has 2 aliphatic heterocycles. The number of anilines is 1. The van der Waals surface area contributed by atoms with Crippen LogP contribution < -0.4 is 4.72 Å². The van der Waals surface area contributed by atoms with Gasteiger partial charge in [0.25, 0.3) is 15.9 Å². The van der Waals surface area contributed by atoms with E-state index >= 15 is 0 Å². The Bertz CT molecular complexity index is 1010. The number of carbonyl (C=O) groups is 1. The fourth-order valence-corrected chi connectivity index (χ4v) is 5.63. The van der Waals surface area contributed by atoms with Crippen LogP contribution in [-0.2, 0) is 10.0 Å². The Hall–Kier alpha value is -2.09. The fourth-order valence-electron chi connectivity index (χ4n) is 4.27. The summed E-state index contributed by atoms with van der Waals surface area (Å²) in [5.74, 6) is -0.121. The van der Waals surface area contributed by atoms with Crippen molar-refractivity contribution in [3.8, 4) is 0 Å². The number of hydrogen-bond donors (Lipinski definition) is 1. The van der Waals surface area contributed by atoms with Crippen LogP contribution in [0.4, 0.5) is 5.69 Å². The number of para-hydroxylation sites is 1. The lowest BCUT2D eigenvalue weighted by Crippen LogP contribution is -2.45. The van der Waals surface area contributed by atoms with Crippen LogP contribution in [0.15, 0.2) is 53.4 Å². The zero-order valence-corrected chi connectivity index (χ0v) is 18.3. The zero-order chi connectivity index (χ0) is 21.1. The molecule has 2 aromatic rings. The molecule has 0 aromatic heterocycles. The van der Waals surface area contributed by atoms with Gasteiger partial charge in [0.05, 0.1) is 15.6 Å². The molecule has 0 unspecified atom stereocenters. The number of benzene rings is 2. The lowest BCUT2D eigenvalue weighted by molar-refractivity contribution is 0.0644. The van der Waals surface area contributed by atoms with Crippen molar-refractivity contribution in [1.82, 2.24) is 9.80 Å². The molecule has 2 aliphatic rings. The van der Waals surface area contributed by atoms with Crippen molar-refractivity contribution >= 4 is 33.2 Å². The summed E-state index contributed by atoms with van der Waals surface area (Å²) in [6, 6.07) is 13.4. The highest BCUT2D eigenvalue weighted by Gasteiger charge is 2.29. The van der Waals surface area contributed by atoms with E-state index in [-0.39, 0.29) is 10.8 Å². The van der Waals surface area contributed by atoms with Gasteiger partial charge in [0, 0.05) is 24.7 Å². The molecule has 0 bridgehead atoms. The van der Waals surface area contributed by atoms with E-state index in [0.717, 1.165) is 25.9 Å². The summed E-state index contributed by atoms with van der Waals surface area (Å²) < 4.78 is 28.1. The number of nitrogens with zero attached hydrogens (tertiary/aromatic N) is 2. The van der Waals surface area contributed by atoms with Gasteiger partial charge >= 0.3 is 0 Å². The zero-order valence-electron chi connectivity index (χ0n) is 16.8. The van der Waals surface area contributed by atoms with E-state index in [1.54, 1.807) is 36.4 Å². The van der Waals surface area contributed by atoms with Gasteiger partial charge in [0.1, 0.15) is 0 Å². The summed E-state index contributed by atoms with van der Waals surface area (Å²) >= 11 is 6.07. The maximum atomic E-state index is 13.0. The monoisotopic (exact) mass is 447 g/mol. The number of amides is 1. The Morgan fingerprint density at radius 3 is 2.37 bits per heavy atom. The van der Waals surface area contributed by atoms with E-state index in [9.17, 15) is 13.2 Å². The number of piperidine rings is 1. The van der Waals surface area contributed by atoms with Crippen LogP contribution in [0.25, 0.3) is 0 Å². The second-order valence-electron chi connectivity index (χ2n) is 7.88. The molecule has 1 N–H and O–H groups in total. The van der Waals surface area contributed by atoms with Crippen LogP contribution in [0.1, 0.15) is 36.0 Å². The van der Waals surface area contributed by atoms with Crippen LogP contribution in [0.3, 0.4) is 0 Å². The highest BCUT2D eigenvalue weighted by molar-refractivity contribution is 7.92. The first-order valence-electron chi connectivity index (χ1n) is 10.3. The minimum atomic E-state index is -3.85. The second-order valence-corrected chi connectivity index (χ2v) is 9.97. The Morgan fingerprint density at radius 2 is 1.67 bits per heavy atom. The van der Waals surface area contributed by atoms with Crippen molar-refractivity contribution in [1.29, 1.82) is 0 Å². The molecule has 0 atom stereocenters. The van der Waals surface area contributed by atoms with E-state index in [1.165, 1.54) is 25.0 Å². The van der Waals surface area contributed by atoms with Crippen LogP contribution in [-0.4, -0.2) is 56.3 Å². The lowest BCUT2D eigenvalue weighted by Gasteiger charge is -2.36. The molecule has 0 aliphatic carbocycles. The molecule has 1 amide bonds. The van der Waals surface area contributed by atoms with E-state index in [1.807, 2.05) is 4.90 Å². The number of nitrogens with one attached hydrogen (secondary N) is 1. The highest BCUT2D eigenvalue weighted by Crippen LogP contribution is 2.25. The molecule has 2 heterocycles. The summed E-state index contributed by atoms with van der Waals surface area (Å²) in [6.07, 6.45) is 4.47. The largest absolute Gasteiger partial charge is 0.339 e. The highest BCUT2D eigenvalue weighted by atomic mass is 35.5. The van der Waals surface area contributed by atoms with Gasteiger partial charge in [-0.1, -0.05) is 29.8 Å². The van der Waals surface area contributed by atoms with E-state index in [2.05, 4.69) is 9.62 Å². The van der Waals surface area contributed by atoms with Crippen LogP contribution in [0.2, 0.25) is 5.02 Å². The Labute approximate surface area is 182 Å². The third kappa shape index (κ3) is 4.63. The van der Waals surface area contributed by atoms with E-state index in [0.29, 0.717) is 35.4 Å². The SMILES string of the molecule is O=C(c1cccc(S(=O)(=O)Nc2ccccc2Cl)c1)N1CCC(N2CCCC2)CC1. The third-order valence-electron chi connectivity index (χ3n) is 5.92. The van der Waals surface area contributed by atoms with Crippen molar-refractivity contribution in [2.24, 2.45) is 0 Å². The summed E-state index contributed by atoms with van der Waals surface area (Å²) in [5.41, 5.74) is 0.691. The predicted octanol–water partition coefficient (Wildman–Crippen LogP) is 3.84. The minimum Gasteiger partial charge on any atom is -0.339 e. The fraction of sp³-hybridized carbons (Fsp3) is 0.409. The van der Waals surface area contributed by atoms with Gasteiger partial charge in [-0.3, -0.25) is 9.52 Å². The summed E-state index contributed by atoms with van der Waals surface area (Å²) in [6.45, 7) is 3.73. The molecule has 0 radical (unpaired) electrons. The lowest BCUT2D eigenvalue weighted by atomic mass is 10.0. The molecule has 6 nitrogen and oxygen atoms in total. The maximum Gasteiger partial charge on any atom is 0.261 e. The number of hydrogen-bond acceptors (Lipinski definition) is 4. The Kier molecular flexibility index (Phi) is 6.32. The van der Waals surface area contributed by atoms with E-state index < -0.39 is 10.0 Å². The second kappa shape index (κ2) is 8.96. The molecular formula is C22H26ClN3O3S. The topological polar surface area (TPSA) is 69.7 Å². The summed E-state index contributed by atoms with van der Waals surface area (Å²) in [4.78, 5) is 17.4. The minimum absolute atomic E-state index is 0.0419.